The maximum absolute atomic E-state index is 13.6. The minimum atomic E-state index is -0.404. The summed E-state index contributed by atoms with van der Waals surface area (Å²) in [5, 5.41) is 9.28. The molecule has 0 radical (unpaired) electrons. The zero-order valence-corrected chi connectivity index (χ0v) is 22.9. The van der Waals surface area contributed by atoms with Crippen molar-refractivity contribution in [2.45, 2.75) is 38.6 Å². The monoisotopic (exact) mass is 561 g/mol. The molecule has 1 aliphatic heterocycles. The van der Waals surface area contributed by atoms with E-state index in [9.17, 15) is 4.79 Å². The molecule has 1 aliphatic rings. The van der Waals surface area contributed by atoms with Crippen LogP contribution >= 0.6 is 46.4 Å². The fraction of sp³-hybridized carbons (Fsp3) is 0.259. The second kappa shape index (κ2) is 9.46. The highest BCUT2D eigenvalue weighted by Crippen LogP contribution is 2.42. The fourth-order valence-corrected chi connectivity index (χ4v) is 5.72. The Morgan fingerprint density at radius 3 is 2.58 bits per heavy atom. The Labute approximate surface area is 229 Å². The van der Waals surface area contributed by atoms with Crippen LogP contribution in [0.3, 0.4) is 0 Å². The number of carbonyl (C=O) groups is 1. The highest BCUT2D eigenvalue weighted by molar-refractivity contribution is 6.45. The number of rotatable bonds is 3. The van der Waals surface area contributed by atoms with Crippen LogP contribution in [0.2, 0.25) is 20.1 Å². The van der Waals surface area contributed by atoms with E-state index >= 15 is 0 Å². The van der Waals surface area contributed by atoms with Crippen molar-refractivity contribution in [3.8, 4) is 17.0 Å². The van der Waals surface area contributed by atoms with Crippen molar-refractivity contribution < 1.29 is 9.53 Å². The first-order chi connectivity index (χ1) is 17.1. The summed E-state index contributed by atoms with van der Waals surface area (Å²) in [5.41, 5.74) is 3.67. The van der Waals surface area contributed by atoms with Crippen molar-refractivity contribution in [2.24, 2.45) is 0 Å². The summed E-state index contributed by atoms with van der Waals surface area (Å²) in [5.74, 6) is 0.582. The predicted octanol–water partition coefficient (Wildman–Crippen LogP) is 8.17. The first-order valence-corrected chi connectivity index (χ1v) is 13.0. The maximum Gasteiger partial charge on any atom is 0.253 e. The van der Waals surface area contributed by atoms with Crippen molar-refractivity contribution in [2.75, 3.05) is 6.61 Å². The molecule has 186 valence electrons. The minimum Gasteiger partial charge on any atom is -0.493 e. The number of amides is 1. The molecule has 2 aromatic heterocycles. The molecule has 2 aromatic carbocycles. The molecule has 1 N–H and O–H groups in total. The quantitative estimate of drug-likeness (QED) is 0.256. The molecule has 0 spiro atoms. The zero-order chi connectivity index (χ0) is 25.8. The largest absolute Gasteiger partial charge is 0.493 e. The third-order valence-electron chi connectivity index (χ3n) is 6.26. The number of fused-ring (bicyclic) bond motifs is 2. The Kier molecular flexibility index (Phi) is 6.63. The number of aromatic nitrogens is 2. The molecule has 0 fully saturated rings. The minimum absolute atomic E-state index is 0.162. The van der Waals surface area contributed by atoms with E-state index in [4.69, 9.17) is 51.1 Å². The topological polar surface area (TPSA) is 55.6 Å². The average molecular weight is 563 g/mol. The second-order valence-corrected chi connectivity index (χ2v) is 11.4. The zero-order valence-electron chi connectivity index (χ0n) is 19.8. The van der Waals surface area contributed by atoms with E-state index in [1.807, 2.05) is 45.0 Å². The molecule has 1 amide bonds. The molecule has 1 atom stereocenters. The number of ether oxygens (including phenoxy) is 1. The summed E-state index contributed by atoms with van der Waals surface area (Å²) in [7, 11) is 0. The van der Waals surface area contributed by atoms with Gasteiger partial charge in [-0.3, -0.25) is 4.79 Å². The summed E-state index contributed by atoms with van der Waals surface area (Å²) in [6, 6.07) is 12.7. The lowest BCUT2D eigenvalue weighted by atomic mass is 9.83. The van der Waals surface area contributed by atoms with Gasteiger partial charge in [-0.05, 0) is 35.2 Å². The van der Waals surface area contributed by atoms with Gasteiger partial charge in [0.15, 0.2) is 0 Å². The van der Waals surface area contributed by atoms with Gasteiger partial charge in [0.2, 0.25) is 0 Å². The van der Waals surface area contributed by atoms with Crippen molar-refractivity contribution in [1.82, 2.24) is 14.9 Å². The van der Waals surface area contributed by atoms with Gasteiger partial charge in [0.1, 0.15) is 5.75 Å². The van der Waals surface area contributed by atoms with Gasteiger partial charge in [-0.1, -0.05) is 85.4 Å². The van der Waals surface area contributed by atoms with Gasteiger partial charge in [-0.15, -0.1) is 0 Å². The predicted molar refractivity (Wildman–Crippen MR) is 146 cm³/mol. The Bertz CT molecular complexity index is 1510. The lowest BCUT2D eigenvalue weighted by Crippen LogP contribution is -2.34. The molecule has 5 rings (SSSR count). The van der Waals surface area contributed by atoms with Crippen molar-refractivity contribution >= 4 is 57.8 Å². The van der Waals surface area contributed by atoms with Gasteiger partial charge in [-0.25, -0.2) is 4.52 Å². The van der Waals surface area contributed by atoms with Gasteiger partial charge in [0.25, 0.3) is 5.91 Å². The van der Waals surface area contributed by atoms with Crippen LogP contribution in [0.5, 0.6) is 5.75 Å². The highest BCUT2D eigenvalue weighted by Gasteiger charge is 2.30. The number of halogens is 4. The number of nitrogens with zero attached hydrogens (tertiary/aromatic N) is 2. The summed E-state index contributed by atoms with van der Waals surface area (Å²) < 4.78 is 7.44. The number of carbonyl (C=O) groups excluding carboxylic acids is 1. The molecule has 0 saturated heterocycles. The molecule has 0 saturated carbocycles. The molecule has 36 heavy (non-hydrogen) atoms. The van der Waals surface area contributed by atoms with Gasteiger partial charge in [0.05, 0.1) is 50.7 Å². The average Bonchev–Trinajstić information content (AvgIpc) is 3.15. The van der Waals surface area contributed by atoms with E-state index in [-0.39, 0.29) is 11.9 Å². The lowest BCUT2D eigenvalue weighted by Gasteiger charge is -2.28. The van der Waals surface area contributed by atoms with Crippen molar-refractivity contribution in [3.05, 3.63) is 85.4 Å². The van der Waals surface area contributed by atoms with E-state index < -0.39 is 5.41 Å². The van der Waals surface area contributed by atoms with Crippen LogP contribution in [0.15, 0.2) is 48.7 Å². The van der Waals surface area contributed by atoms with Crippen LogP contribution in [0.4, 0.5) is 0 Å². The second-order valence-electron chi connectivity index (χ2n) is 9.77. The molecule has 5 nitrogen and oxygen atoms in total. The molecular weight excluding hydrogens is 540 g/mol. The van der Waals surface area contributed by atoms with Gasteiger partial charge < -0.3 is 10.1 Å². The maximum atomic E-state index is 13.6. The smallest absolute Gasteiger partial charge is 0.253 e. The Hall–Kier alpha value is -2.44. The number of hydrogen-bond acceptors (Lipinski definition) is 3. The fourth-order valence-electron chi connectivity index (χ4n) is 4.75. The van der Waals surface area contributed by atoms with Crippen molar-refractivity contribution in [1.29, 1.82) is 0 Å². The summed E-state index contributed by atoms with van der Waals surface area (Å²) in [4.78, 5) is 13.6. The van der Waals surface area contributed by atoms with Crippen LogP contribution in [0.1, 0.15) is 54.7 Å². The van der Waals surface area contributed by atoms with E-state index in [2.05, 4.69) is 10.4 Å². The Morgan fingerprint density at radius 2 is 1.83 bits per heavy atom. The SMILES string of the molecule is CC(C)(C)c1c(C(=O)N[C@H]2CCOc3ccccc32)cnn2c(-c3cc(Cl)cc(Cl)c3Cl)c(Cl)cc12. The first kappa shape index (κ1) is 25.2. The Morgan fingerprint density at radius 1 is 1.08 bits per heavy atom. The molecule has 0 bridgehead atoms. The third-order valence-corrected chi connectivity index (χ3v) is 7.57. The van der Waals surface area contributed by atoms with Crippen LogP contribution in [0.25, 0.3) is 16.8 Å². The molecular formula is C27H23Cl4N3O2. The summed E-state index contributed by atoms with van der Waals surface area (Å²) in [6.07, 6.45) is 2.26. The number of benzene rings is 2. The highest BCUT2D eigenvalue weighted by atomic mass is 35.5. The number of nitrogens with one attached hydrogen (secondary N) is 1. The van der Waals surface area contributed by atoms with Crippen LogP contribution in [0, 0.1) is 0 Å². The third kappa shape index (κ3) is 4.43. The molecule has 4 aromatic rings. The molecule has 0 aliphatic carbocycles. The number of para-hydroxylation sites is 1. The molecule has 9 heteroatoms. The van der Waals surface area contributed by atoms with Crippen molar-refractivity contribution in [3.63, 3.8) is 0 Å². The van der Waals surface area contributed by atoms with Crippen LogP contribution in [-0.2, 0) is 5.41 Å². The van der Waals surface area contributed by atoms with Gasteiger partial charge in [-0.2, -0.15) is 5.10 Å². The van der Waals surface area contributed by atoms with E-state index in [1.165, 1.54) is 0 Å². The van der Waals surface area contributed by atoms with E-state index in [0.717, 1.165) is 16.9 Å². The number of hydrogen-bond donors (Lipinski definition) is 1. The van der Waals surface area contributed by atoms with Crippen LogP contribution < -0.4 is 10.1 Å². The van der Waals surface area contributed by atoms with Crippen LogP contribution in [-0.4, -0.2) is 22.1 Å². The standard InChI is InChI=1S/C27H23Cl4N3O2/c1-27(2,3)23-17(26(35)33-20-8-9-36-22-7-5-4-6-15(20)22)13-32-34-21(23)12-19(30)25(34)16-10-14(28)11-18(29)24(16)31/h4-7,10-13,20H,8-9H2,1-3H3,(H,33,35)/t20-/m0/s1. The Balaban J connectivity index is 1.64. The lowest BCUT2D eigenvalue weighted by molar-refractivity contribution is 0.0922. The van der Waals surface area contributed by atoms with Gasteiger partial charge >= 0.3 is 0 Å². The molecule has 0 unspecified atom stereocenters. The summed E-state index contributed by atoms with van der Waals surface area (Å²) >= 11 is 25.8. The summed E-state index contributed by atoms with van der Waals surface area (Å²) in [6.45, 7) is 6.68. The van der Waals surface area contributed by atoms with Gasteiger partial charge in [0, 0.05) is 22.6 Å². The molecule has 3 heterocycles. The van der Waals surface area contributed by atoms with E-state index in [1.54, 1.807) is 28.9 Å². The first-order valence-electron chi connectivity index (χ1n) is 11.4. The van der Waals surface area contributed by atoms with E-state index in [0.29, 0.717) is 55.5 Å². The normalized spacial score (nSPS) is 15.5.